The third kappa shape index (κ3) is 6.56. The predicted molar refractivity (Wildman–Crippen MR) is 158 cm³/mol. The van der Waals surface area contributed by atoms with E-state index in [0.29, 0.717) is 34.6 Å². The van der Waals surface area contributed by atoms with Crippen LogP contribution in [0.25, 0.3) is 11.3 Å². The first-order valence-corrected chi connectivity index (χ1v) is 14.1. The zero-order valence-electron chi connectivity index (χ0n) is 23.8. The van der Waals surface area contributed by atoms with Gasteiger partial charge in [-0.25, -0.2) is 4.99 Å². The highest BCUT2D eigenvalue weighted by Crippen LogP contribution is 2.35. The molecule has 1 aromatic heterocycles. The second-order valence-corrected chi connectivity index (χ2v) is 11.2. The maximum atomic E-state index is 13.6. The average Bonchev–Trinajstić information content (AvgIpc) is 2.90. The number of aryl methyl sites for hydroxylation is 1. The van der Waals surface area contributed by atoms with Gasteiger partial charge in [0.2, 0.25) is 0 Å². The smallest absolute Gasteiger partial charge is 0.251 e. The fourth-order valence-electron chi connectivity index (χ4n) is 5.60. The van der Waals surface area contributed by atoms with Crippen LogP contribution in [0.15, 0.2) is 40.2 Å². The van der Waals surface area contributed by atoms with Crippen molar-refractivity contribution < 1.29 is 9.59 Å². The van der Waals surface area contributed by atoms with E-state index in [9.17, 15) is 9.59 Å². The summed E-state index contributed by atoms with van der Waals surface area (Å²) < 4.78 is 0. The number of benzene rings is 1. The molecule has 0 radical (unpaired) electrons. The van der Waals surface area contributed by atoms with E-state index < -0.39 is 0 Å². The molecule has 208 valence electrons. The molecule has 0 spiro atoms. The number of carbonyl (C=O) groups excluding carboxylic acids is 2. The van der Waals surface area contributed by atoms with Gasteiger partial charge < -0.3 is 15.1 Å². The molecule has 1 aliphatic carbocycles. The molecule has 39 heavy (non-hydrogen) atoms. The first kappa shape index (κ1) is 28.9. The number of halogens is 1. The summed E-state index contributed by atoms with van der Waals surface area (Å²) in [4.78, 5) is 44.1. The summed E-state index contributed by atoms with van der Waals surface area (Å²) in [5.74, 6) is -0.376. The monoisotopic (exact) mass is 550 g/mol. The molecule has 9 heteroatoms. The Morgan fingerprint density at radius 3 is 2.33 bits per heavy atom. The highest BCUT2D eigenvalue weighted by Gasteiger charge is 2.29. The number of nitrogens with zero attached hydrogens (tertiary/aromatic N) is 5. The molecular formula is C30H39ClN6O2. The Hall–Kier alpha value is -3.10. The molecule has 1 aromatic carbocycles. The lowest BCUT2D eigenvalue weighted by Gasteiger charge is -2.40. The molecule has 0 unspecified atom stereocenters. The Morgan fingerprint density at radius 1 is 1.05 bits per heavy atom. The van der Waals surface area contributed by atoms with E-state index in [0.717, 1.165) is 54.7 Å². The van der Waals surface area contributed by atoms with Gasteiger partial charge in [0.1, 0.15) is 5.16 Å². The Labute approximate surface area is 236 Å². The van der Waals surface area contributed by atoms with Gasteiger partial charge in [-0.05, 0) is 85.2 Å². The zero-order chi connectivity index (χ0) is 28.3. The molecule has 1 amide bonds. The van der Waals surface area contributed by atoms with Crippen LogP contribution < -0.4 is 10.2 Å². The van der Waals surface area contributed by atoms with Crippen LogP contribution in [0.4, 0.5) is 5.69 Å². The second kappa shape index (κ2) is 12.4. The van der Waals surface area contributed by atoms with E-state index in [1.807, 2.05) is 19.9 Å². The lowest BCUT2D eigenvalue weighted by molar-refractivity contribution is -0.114. The van der Waals surface area contributed by atoms with Crippen LogP contribution in [0.3, 0.4) is 0 Å². The third-order valence-electron chi connectivity index (χ3n) is 7.91. The molecule has 1 fully saturated rings. The number of nitrogens with one attached hydrogen (secondary N) is 1. The summed E-state index contributed by atoms with van der Waals surface area (Å²) in [7, 11) is 4.31. The molecule has 2 aromatic rings. The van der Waals surface area contributed by atoms with Crippen molar-refractivity contribution in [2.24, 2.45) is 4.99 Å². The fraction of sp³-hybridized carbons (Fsp3) is 0.500. The van der Waals surface area contributed by atoms with Crippen molar-refractivity contribution in [1.29, 1.82) is 0 Å². The second-order valence-electron chi connectivity index (χ2n) is 10.8. The number of carbonyl (C=O) groups is 2. The third-order valence-corrected chi connectivity index (χ3v) is 8.22. The number of rotatable bonds is 8. The standard InChI is InChI=1S/C30H39ClN6O2/c1-7-37(23-10-8-22(9-11-23)36(5)6)27-14-21(26-17-32-19(3)15-33-26)13-24(20(27)4)30(39)34-16-25-28(38)12-18(2)35-29(25)31/h13-15,17,22-23H,7-12,16H2,1-6H3,(H,34,39)/t22-,23-. The quantitative estimate of drug-likeness (QED) is 0.461. The van der Waals surface area contributed by atoms with Gasteiger partial charge in [-0.2, -0.15) is 0 Å². The molecule has 4 rings (SSSR count). The van der Waals surface area contributed by atoms with Gasteiger partial charge in [-0.1, -0.05) is 11.6 Å². The summed E-state index contributed by atoms with van der Waals surface area (Å²) in [5, 5.41) is 3.07. The van der Waals surface area contributed by atoms with Crippen molar-refractivity contribution in [3.63, 3.8) is 0 Å². The van der Waals surface area contributed by atoms with Crippen molar-refractivity contribution in [2.45, 2.75) is 71.9 Å². The minimum absolute atomic E-state index is 0.0304. The lowest BCUT2D eigenvalue weighted by Crippen LogP contribution is -2.42. The van der Waals surface area contributed by atoms with Gasteiger partial charge in [0.15, 0.2) is 5.78 Å². The number of hydrogen-bond acceptors (Lipinski definition) is 7. The zero-order valence-corrected chi connectivity index (χ0v) is 24.6. The van der Waals surface area contributed by atoms with E-state index in [2.05, 4.69) is 57.2 Å². The van der Waals surface area contributed by atoms with Gasteiger partial charge in [0.25, 0.3) is 5.91 Å². The van der Waals surface area contributed by atoms with Gasteiger partial charge in [-0.3, -0.25) is 19.6 Å². The molecule has 2 aliphatic rings. The van der Waals surface area contributed by atoms with Crippen LogP contribution in [0.1, 0.15) is 67.6 Å². The average molecular weight is 551 g/mol. The highest BCUT2D eigenvalue weighted by molar-refractivity contribution is 6.34. The fourth-order valence-corrected chi connectivity index (χ4v) is 5.91. The molecular weight excluding hydrogens is 512 g/mol. The predicted octanol–water partition coefficient (Wildman–Crippen LogP) is 5.07. The van der Waals surface area contributed by atoms with Crippen molar-refractivity contribution in [3.05, 3.63) is 52.1 Å². The molecule has 2 heterocycles. The van der Waals surface area contributed by atoms with Crippen molar-refractivity contribution >= 4 is 34.7 Å². The number of aliphatic imine (C=N–C) groups is 1. The summed E-state index contributed by atoms with van der Waals surface area (Å²) in [6.07, 6.45) is 8.19. The maximum Gasteiger partial charge on any atom is 0.251 e. The molecule has 0 atom stereocenters. The largest absolute Gasteiger partial charge is 0.369 e. The van der Waals surface area contributed by atoms with E-state index in [-0.39, 0.29) is 29.8 Å². The molecule has 0 saturated heterocycles. The SMILES string of the molecule is CCN(c1cc(-c2cnc(C)cn2)cc(C(=O)NCC2=C(Cl)N=C(C)CC2=O)c1C)[C@H]1CC[C@H](N(C)C)CC1. The van der Waals surface area contributed by atoms with Crippen molar-refractivity contribution in [1.82, 2.24) is 20.2 Å². The van der Waals surface area contributed by atoms with Crippen LogP contribution in [0.5, 0.6) is 0 Å². The highest BCUT2D eigenvalue weighted by atomic mass is 35.5. The molecule has 1 saturated carbocycles. The van der Waals surface area contributed by atoms with Gasteiger partial charge >= 0.3 is 0 Å². The number of Topliss-reactive ketones (excluding diaryl/α,β-unsaturated/α-hetero) is 1. The van der Waals surface area contributed by atoms with E-state index >= 15 is 0 Å². The topological polar surface area (TPSA) is 90.8 Å². The Morgan fingerprint density at radius 2 is 1.74 bits per heavy atom. The van der Waals surface area contributed by atoms with Crippen LogP contribution in [-0.2, 0) is 4.79 Å². The molecule has 1 aliphatic heterocycles. The minimum atomic E-state index is -0.265. The first-order chi connectivity index (χ1) is 18.6. The minimum Gasteiger partial charge on any atom is -0.369 e. The van der Waals surface area contributed by atoms with Crippen LogP contribution in [-0.4, -0.2) is 71.5 Å². The lowest BCUT2D eigenvalue weighted by atomic mass is 9.88. The summed E-state index contributed by atoms with van der Waals surface area (Å²) in [6.45, 7) is 8.69. The Kier molecular flexibility index (Phi) is 9.18. The van der Waals surface area contributed by atoms with Crippen LogP contribution >= 0.6 is 11.6 Å². The number of anilines is 1. The first-order valence-electron chi connectivity index (χ1n) is 13.7. The Bertz CT molecular complexity index is 1290. The summed E-state index contributed by atoms with van der Waals surface area (Å²) >= 11 is 6.25. The summed E-state index contributed by atoms with van der Waals surface area (Å²) in [6, 6.07) is 5.00. The van der Waals surface area contributed by atoms with Gasteiger partial charge in [-0.15, -0.1) is 0 Å². The summed E-state index contributed by atoms with van der Waals surface area (Å²) in [5.41, 5.74) is 5.86. The van der Waals surface area contributed by atoms with Crippen molar-refractivity contribution in [3.8, 4) is 11.3 Å². The van der Waals surface area contributed by atoms with Crippen molar-refractivity contribution in [2.75, 3.05) is 32.1 Å². The van der Waals surface area contributed by atoms with E-state index in [1.165, 1.54) is 0 Å². The van der Waals surface area contributed by atoms with E-state index in [1.54, 1.807) is 19.3 Å². The van der Waals surface area contributed by atoms with Crippen LogP contribution in [0, 0.1) is 13.8 Å². The van der Waals surface area contributed by atoms with Gasteiger partial charge in [0.05, 0.1) is 23.2 Å². The number of hydrogen-bond donors (Lipinski definition) is 1. The van der Waals surface area contributed by atoms with E-state index in [4.69, 9.17) is 11.6 Å². The van der Waals surface area contributed by atoms with Crippen LogP contribution in [0.2, 0.25) is 0 Å². The number of aromatic nitrogens is 2. The van der Waals surface area contributed by atoms with Gasteiger partial charge in [0, 0.05) is 60.3 Å². The normalized spacial score (nSPS) is 19.8. The molecule has 0 bridgehead atoms. The maximum absolute atomic E-state index is 13.6. The molecule has 1 N–H and O–H groups in total. The Balaban J connectivity index is 1.68. The number of ketones is 1. The molecule has 8 nitrogen and oxygen atoms in total. The number of amides is 1.